The van der Waals surface area contributed by atoms with Crippen molar-refractivity contribution in [1.29, 1.82) is 0 Å². The summed E-state index contributed by atoms with van der Waals surface area (Å²) in [5, 5.41) is 2.62. The molecule has 0 saturated carbocycles. The SMILES string of the molecule is C=C(I)CCOC(=O)Nc1ccc(OC)cc1. The average molecular weight is 347 g/mol. The Balaban J connectivity index is 2.37. The summed E-state index contributed by atoms with van der Waals surface area (Å²) in [6.45, 7) is 4.05. The molecule has 0 atom stereocenters. The second kappa shape index (κ2) is 7.16. The topological polar surface area (TPSA) is 47.6 Å². The molecule has 0 aliphatic heterocycles. The summed E-state index contributed by atoms with van der Waals surface area (Å²) >= 11 is 2.10. The Morgan fingerprint density at radius 3 is 2.59 bits per heavy atom. The van der Waals surface area contributed by atoms with Gasteiger partial charge in [0, 0.05) is 12.1 Å². The summed E-state index contributed by atoms with van der Waals surface area (Å²) < 4.78 is 10.9. The highest BCUT2D eigenvalue weighted by Gasteiger charge is 2.03. The van der Waals surface area contributed by atoms with Gasteiger partial charge in [0.2, 0.25) is 0 Å². The van der Waals surface area contributed by atoms with Gasteiger partial charge in [-0.05, 0) is 50.4 Å². The Labute approximate surface area is 114 Å². The number of ether oxygens (including phenoxy) is 2. The van der Waals surface area contributed by atoms with Crippen LogP contribution in [0.4, 0.5) is 10.5 Å². The molecular weight excluding hydrogens is 333 g/mol. The van der Waals surface area contributed by atoms with Crippen molar-refractivity contribution in [3.8, 4) is 5.75 Å². The van der Waals surface area contributed by atoms with Crippen molar-refractivity contribution in [1.82, 2.24) is 0 Å². The van der Waals surface area contributed by atoms with E-state index < -0.39 is 6.09 Å². The predicted octanol–water partition coefficient (Wildman–Crippen LogP) is 3.58. The van der Waals surface area contributed by atoms with E-state index in [0.717, 1.165) is 9.33 Å². The van der Waals surface area contributed by atoms with E-state index in [0.29, 0.717) is 18.7 Å². The molecule has 0 aromatic heterocycles. The summed E-state index contributed by atoms with van der Waals surface area (Å²) in [7, 11) is 1.59. The van der Waals surface area contributed by atoms with Gasteiger partial charge < -0.3 is 9.47 Å². The van der Waals surface area contributed by atoms with Crippen LogP contribution in [-0.4, -0.2) is 19.8 Å². The third kappa shape index (κ3) is 5.58. The van der Waals surface area contributed by atoms with Crippen LogP contribution in [-0.2, 0) is 4.74 Å². The molecule has 0 bridgehead atoms. The Kier molecular flexibility index (Phi) is 5.82. The molecule has 0 spiro atoms. The molecule has 0 heterocycles. The zero-order chi connectivity index (χ0) is 12.7. The van der Waals surface area contributed by atoms with E-state index in [2.05, 4.69) is 34.5 Å². The number of amides is 1. The first kappa shape index (κ1) is 13.8. The number of hydrogen-bond donors (Lipinski definition) is 1. The van der Waals surface area contributed by atoms with E-state index in [-0.39, 0.29) is 0 Å². The number of rotatable bonds is 5. The number of carbonyl (C=O) groups excluding carboxylic acids is 1. The normalized spacial score (nSPS) is 9.53. The van der Waals surface area contributed by atoms with Crippen LogP contribution in [0.3, 0.4) is 0 Å². The van der Waals surface area contributed by atoms with Crippen molar-refractivity contribution in [3.63, 3.8) is 0 Å². The smallest absolute Gasteiger partial charge is 0.411 e. The minimum absolute atomic E-state index is 0.337. The first-order valence-electron chi connectivity index (χ1n) is 5.03. The monoisotopic (exact) mass is 347 g/mol. The quantitative estimate of drug-likeness (QED) is 0.829. The first-order valence-corrected chi connectivity index (χ1v) is 6.11. The molecule has 1 rings (SSSR count). The molecule has 1 amide bonds. The first-order chi connectivity index (χ1) is 8.11. The van der Waals surface area contributed by atoms with Crippen molar-refractivity contribution in [3.05, 3.63) is 34.4 Å². The zero-order valence-corrected chi connectivity index (χ0v) is 11.7. The second-order valence-corrected chi connectivity index (χ2v) is 4.78. The van der Waals surface area contributed by atoms with Crippen LogP contribution in [0.5, 0.6) is 5.75 Å². The maximum absolute atomic E-state index is 11.4. The molecule has 1 aromatic carbocycles. The number of hydrogen-bond acceptors (Lipinski definition) is 3. The molecule has 1 N–H and O–H groups in total. The molecule has 0 aliphatic rings. The van der Waals surface area contributed by atoms with E-state index in [9.17, 15) is 4.79 Å². The fourth-order valence-corrected chi connectivity index (χ4v) is 1.30. The number of nitrogens with one attached hydrogen (secondary N) is 1. The van der Waals surface area contributed by atoms with Gasteiger partial charge in [-0.25, -0.2) is 4.79 Å². The Hall–Kier alpha value is -1.24. The van der Waals surface area contributed by atoms with Gasteiger partial charge in [-0.2, -0.15) is 0 Å². The van der Waals surface area contributed by atoms with Crippen molar-refractivity contribution in [2.24, 2.45) is 0 Å². The van der Waals surface area contributed by atoms with Gasteiger partial charge in [0.15, 0.2) is 0 Å². The molecule has 92 valence electrons. The molecule has 17 heavy (non-hydrogen) atoms. The highest BCUT2D eigenvalue weighted by atomic mass is 127. The summed E-state index contributed by atoms with van der Waals surface area (Å²) in [4.78, 5) is 11.4. The van der Waals surface area contributed by atoms with Crippen LogP contribution in [0.1, 0.15) is 6.42 Å². The maximum Gasteiger partial charge on any atom is 0.411 e. The molecule has 1 aromatic rings. The summed E-state index contributed by atoms with van der Waals surface area (Å²) in [5.74, 6) is 0.741. The summed E-state index contributed by atoms with van der Waals surface area (Å²) in [6.07, 6.45) is 0.198. The number of benzene rings is 1. The molecule has 0 fully saturated rings. The second-order valence-electron chi connectivity index (χ2n) is 3.26. The van der Waals surface area contributed by atoms with Crippen molar-refractivity contribution >= 4 is 34.4 Å². The van der Waals surface area contributed by atoms with E-state index in [4.69, 9.17) is 9.47 Å². The van der Waals surface area contributed by atoms with Gasteiger partial charge in [-0.15, -0.1) is 0 Å². The molecule has 5 heteroatoms. The minimum atomic E-state index is -0.465. The highest BCUT2D eigenvalue weighted by molar-refractivity contribution is 14.1. The van der Waals surface area contributed by atoms with Crippen LogP contribution < -0.4 is 10.1 Å². The number of carbonyl (C=O) groups is 1. The third-order valence-electron chi connectivity index (χ3n) is 1.94. The average Bonchev–Trinajstić information content (AvgIpc) is 2.29. The van der Waals surface area contributed by atoms with E-state index in [1.807, 2.05) is 0 Å². The Morgan fingerprint density at radius 2 is 2.06 bits per heavy atom. The lowest BCUT2D eigenvalue weighted by Crippen LogP contribution is -2.14. The fraction of sp³-hybridized carbons (Fsp3) is 0.250. The van der Waals surface area contributed by atoms with Crippen LogP contribution >= 0.6 is 22.6 Å². The van der Waals surface area contributed by atoms with Gasteiger partial charge in [0.1, 0.15) is 5.75 Å². The van der Waals surface area contributed by atoms with E-state index >= 15 is 0 Å². The van der Waals surface area contributed by atoms with E-state index in [1.54, 1.807) is 31.4 Å². The highest BCUT2D eigenvalue weighted by Crippen LogP contribution is 2.15. The van der Waals surface area contributed by atoms with Crippen molar-refractivity contribution in [2.75, 3.05) is 19.0 Å². The number of halogens is 1. The van der Waals surface area contributed by atoms with Crippen molar-refractivity contribution in [2.45, 2.75) is 6.42 Å². The van der Waals surface area contributed by atoms with Crippen LogP contribution in [0.2, 0.25) is 0 Å². The van der Waals surface area contributed by atoms with Gasteiger partial charge in [-0.3, -0.25) is 5.32 Å². The molecule has 0 aliphatic carbocycles. The third-order valence-corrected chi connectivity index (χ3v) is 2.48. The van der Waals surface area contributed by atoms with Gasteiger partial charge in [0.05, 0.1) is 13.7 Å². The number of methoxy groups -OCH3 is 1. The molecule has 0 unspecified atom stereocenters. The van der Waals surface area contributed by atoms with Crippen LogP contribution in [0.25, 0.3) is 0 Å². The summed E-state index contributed by atoms with van der Waals surface area (Å²) in [6, 6.07) is 7.03. The predicted molar refractivity (Wildman–Crippen MR) is 75.7 cm³/mol. The van der Waals surface area contributed by atoms with Gasteiger partial charge in [0.25, 0.3) is 0 Å². The van der Waals surface area contributed by atoms with E-state index in [1.165, 1.54) is 0 Å². The van der Waals surface area contributed by atoms with Gasteiger partial charge in [-0.1, -0.05) is 6.58 Å². The van der Waals surface area contributed by atoms with Crippen molar-refractivity contribution < 1.29 is 14.3 Å². The fourth-order valence-electron chi connectivity index (χ4n) is 1.08. The maximum atomic E-state index is 11.4. The van der Waals surface area contributed by atoms with Crippen LogP contribution in [0, 0.1) is 0 Å². The molecule has 0 saturated heterocycles. The Morgan fingerprint density at radius 1 is 1.41 bits per heavy atom. The van der Waals surface area contributed by atoms with Crippen LogP contribution in [0.15, 0.2) is 34.4 Å². The lowest BCUT2D eigenvalue weighted by atomic mass is 10.3. The Bertz CT molecular complexity index is 389. The standard InChI is InChI=1S/C12H14INO3/c1-9(13)7-8-17-12(15)14-10-3-5-11(16-2)6-4-10/h3-6H,1,7-8H2,2H3,(H,14,15). The number of anilines is 1. The lowest BCUT2D eigenvalue weighted by Gasteiger charge is -2.07. The molecular formula is C12H14INO3. The molecule has 0 radical (unpaired) electrons. The van der Waals surface area contributed by atoms with Gasteiger partial charge >= 0.3 is 6.09 Å². The lowest BCUT2D eigenvalue weighted by molar-refractivity contribution is 0.163. The largest absolute Gasteiger partial charge is 0.497 e. The zero-order valence-electron chi connectivity index (χ0n) is 9.53. The minimum Gasteiger partial charge on any atom is -0.497 e. The summed E-state index contributed by atoms with van der Waals surface area (Å²) in [5.41, 5.74) is 0.670. The molecule has 4 nitrogen and oxygen atoms in total.